The minimum Gasteiger partial charge on any atom is -0.351 e. The van der Waals surface area contributed by atoms with Crippen molar-refractivity contribution in [2.24, 2.45) is 0 Å². The van der Waals surface area contributed by atoms with Gasteiger partial charge >= 0.3 is 0 Å². The van der Waals surface area contributed by atoms with Crippen LogP contribution in [0.5, 0.6) is 0 Å². The Balaban J connectivity index is 1.77. The van der Waals surface area contributed by atoms with E-state index in [2.05, 4.69) is 15.6 Å². The summed E-state index contributed by atoms with van der Waals surface area (Å²) in [6.07, 6.45) is 4.97. The molecule has 2 N–H and O–H groups in total. The Kier molecular flexibility index (Phi) is 6.58. The lowest BCUT2D eigenvalue weighted by Crippen LogP contribution is -2.31. The molecule has 1 aliphatic rings. The highest BCUT2D eigenvalue weighted by atomic mass is 35.5. The van der Waals surface area contributed by atoms with Crippen molar-refractivity contribution in [3.05, 3.63) is 35.1 Å². The van der Waals surface area contributed by atoms with Crippen molar-refractivity contribution >= 4 is 29.2 Å². The van der Waals surface area contributed by atoms with Gasteiger partial charge in [0.05, 0.1) is 0 Å². The van der Waals surface area contributed by atoms with Gasteiger partial charge in [-0.15, -0.1) is 0 Å². The van der Waals surface area contributed by atoms with Gasteiger partial charge in [0.15, 0.2) is 0 Å². The zero-order valence-corrected chi connectivity index (χ0v) is 13.8. The van der Waals surface area contributed by atoms with Crippen molar-refractivity contribution in [2.75, 3.05) is 25.0 Å². The summed E-state index contributed by atoms with van der Waals surface area (Å²) in [4.78, 5) is 29.2. The zero-order chi connectivity index (χ0) is 17.4. The van der Waals surface area contributed by atoms with E-state index in [1.54, 1.807) is 17.0 Å². The second-order valence-corrected chi connectivity index (χ2v) is 5.70. The topological polar surface area (TPSA) is 98.1 Å². The lowest BCUT2D eigenvalue weighted by atomic mass is 10.3. The second-order valence-electron chi connectivity index (χ2n) is 5.27. The molecule has 0 atom stereocenters. The smallest absolute Gasteiger partial charge is 0.263 e. The summed E-state index contributed by atoms with van der Waals surface area (Å²) in [5.41, 5.74) is -0.0611. The molecule has 1 fully saturated rings. The summed E-state index contributed by atoms with van der Waals surface area (Å²) in [5, 5.41) is 15.0. The third-order valence-corrected chi connectivity index (χ3v) is 3.75. The largest absolute Gasteiger partial charge is 0.351 e. The van der Waals surface area contributed by atoms with Crippen LogP contribution in [0.4, 0.5) is 5.82 Å². The summed E-state index contributed by atoms with van der Waals surface area (Å²) in [6.45, 7) is 1.80. The monoisotopic (exact) mass is 347 g/mol. The molecule has 0 unspecified atom stereocenters. The molecule has 2 heterocycles. The molecular weight excluding hydrogens is 330 g/mol. The fraction of sp³-hybridized carbons (Fsp3) is 0.375. The average Bonchev–Trinajstić information content (AvgIpc) is 2.97. The molecule has 7 nitrogen and oxygen atoms in total. The van der Waals surface area contributed by atoms with Crippen molar-refractivity contribution in [2.45, 2.75) is 19.3 Å². The van der Waals surface area contributed by atoms with Crippen LogP contribution in [0.2, 0.25) is 5.02 Å². The van der Waals surface area contributed by atoms with Crippen LogP contribution in [0.25, 0.3) is 0 Å². The van der Waals surface area contributed by atoms with Crippen LogP contribution in [0.15, 0.2) is 30.1 Å². The molecule has 0 radical (unpaired) electrons. The minimum absolute atomic E-state index is 0.0611. The van der Waals surface area contributed by atoms with Gasteiger partial charge in [0.25, 0.3) is 5.91 Å². The van der Waals surface area contributed by atoms with Gasteiger partial charge in [-0.3, -0.25) is 9.59 Å². The van der Waals surface area contributed by atoms with Gasteiger partial charge in [-0.2, -0.15) is 5.26 Å². The number of nitrogens with one attached hydrogen (secondary N) is 2. The molecule has 1 aromatic rings. The Morgan fingerprint density at radius 3 is 3.04 bits per heavy atom. The van der Waals surface area contributed by atoms with E-state index in [0.717, 1.165) is 13.0 Å². The highest BCUT2D eigenvalue weighted by Crippen LogP contribution is 2.12. The number of carbonyl (C=O) groups excluding carboxylic acids is 2. The van der Waals surface area contributed by atoms with Crippen LogP contribution in [-0.2, 0) is 9.59 Å². The number of carbonyl (C=O) groups is 2. The standard InChI is InChI=1S/C16H18ClN5O2/c17-13-4-6-19-14(9-13)21-11-12(10-18)16(24)20-5-2-8-22-7-1-3-15(22)23/h4,6,9,11H,1-3,5,7-8H2,(H,19,21)(H,20,24)/b12-11-. The Labute approximate surface area is 145 Å². The van der Waals surface area contributed by atoms with Crippen LogP contribution in [0.1, 0.15) is 19.3 Å². The number of nitriles is 1. The Morgan fingerprint density at radius 2 is 2.38 bits per heavy atom. The maximum atomic E-state index is 12.0. The lowest BCUT2D eigenvalue weighted by Gasteiger charge is -2.15. The van der Waals surface area contributed by atoms with Crippen molar-refractivity contribution in [3.8, 4) is 6.07 Å². The maximum Gasteiger partial charge on any atom is 0.263 e. The lowest BCUT2D eigenvalue weighted by molar-refractivity contribution is -0.127. The first-order valence-electron chi connectivity index (χ1n) is 7.64. The Hall–Kier alpha value is -2.59. The fourth-order valence-electron chi connectivity index (χ4n) is 2.29. The molecule has 0 bridgehead atoms. The van der Waals surface area contributed by atoms with Crippen molar-refractivity contribution in [1.82, 2.24) is 15.2 Å². The number of halogens is 1. The number of rotatable bonds is 7. The highest BCUT2D eigenvalue weighted by Gasteiger charge is 2.19. The summed E-state index contributed by atoms with van der Waals surface area (Å²) in [6, 6.07) is 5.04. The van der Waals surface area contributed by atoms with Gasteiger partial charge in [0.2, 0.25) is 5.91 Å². The summed E-state index contributed by atoms with van der Waals surface area (Å²) >= 11 is 5.83. The van der Waals surface area contributed by atoms with Gasteiger partial charge in [-0.25, -0.2) is 4.98 Å². The summed E-state index contributed by atoms with van der Waals surface area (Å²) in [5.74, 6) is 0.132. The third-order valence-electron chi connectivity index (χ3n) is 3.51. The molecule has 2 rings (SSSR count). The number of likely N-dealkylation sites (tertiary alicyclic amines) is 1. The van der Waals surface area contributed by atoms with Crippen molar-refractivity contribution in [1.29, 1.82) is 5.26 Å². The minimum atomic E-state index is -0.472. The molecule has 1 aliphatic heterocycles. The molecule has 1 aromatic heterocycles. The van der Waals surface area contributed by atoms with E-state index in [0.29, 0.717) is 36.8 Å². The molecule has 1 saturated heterocycles. The predicted octanol–water partition coefficient (Wildman–Crippen LogP) is 1.68. The number of hydrogen-bond donors (Lipinski definition) is 2. The molecule has 0 spiro atoms. The van der Waals surface area contributed by atoms with Gasteiger partial charge < -0.3 is 15.5 Å². The van der Waals surface area contributed by atoms with E-state index in [1.165, 1.54) is 12.4 Å². The van der Waals surface area contributed by atoms with E-state index in [4.69, 9.17) is 16.9 Å². The van der Waals surface area contributed by atoms with Crippen molar-refractivity contribution in [3.63, 3.8) is 0 Å². The number of aromatic nitrogens is 1. The van der Waals surface area contributed by atoms with Gasteiger partial charge in [0, 0.05) is 43.5 Å². The number of pyridine rings is 1. The van der Waals surface area contributed by atoms with Crippen LogP contribution >= 0.6 is 11.6 Å². The molecule has 0 saturated carbocycles. The van der Waals surface area contributed by atoms with Gasteiger partial charge in [0.1, 0.15) is 17.5 Å². The first-order chi connectivity index (χ1) is 11.6. The Bertz CT molecular complexity index is 683. The molecular formula is C16H18ClN5O2. The third kappa shape index (κ3) is 5.25. The molecule has 24 heavy (non-hydrogen) atoms. The van der Waals surface area contributed by atoms with E-state index in [-0.39, 0.29) is 11.5 Å². The normalized spacial score (nSPS) is 14.4. The van der Waals surface area contributed by atoms with Gasteiger partial charge in [-0.05, 0) is 25.0 Å². The van der Waals surface area contributed by atoms with E-state index >= 15 is 0 Å². The predicted molar refractivity (Wildman–Crippen MR) is 90.0 cm³/mol. The van der Waals surface area contributed by atoms with Crippen LogP contribution in [0, 0.1) is 11.3 Å². The van der Waals surface area contributed by atoms with Crippen LogP contribution < -0.4 is 10.6 Å². The fourth-order valence-corrected chi connectivity index (χ4v) is 2.45. The zero-order valence-electron chi connectivity index (χ0n) is 13.1. The van der Waals surface area contributed by atoms with Crippen LogP contribution in [-0.4, -0.2) is 41.3 Å². The number of amides is 2. The number of anilines is 1. The molecule has 8 heteroatoms. The molecule has 0 aromatic carbocycles. The molecule has 2 amide bonds. The van der Waals surface area contributed by atoms with Crippen LogP contribution in [0.3, 0.4) is 0 Å². The molecule has 126 valence electrons. The van der Waals surface area contributed by atoms with E-state index in [9.17, 15) is 9.59 Å². The molecule has 0 aliphatic carbocycles. The first-order valence-corrected chi connectivity index (χ1v) is 8.02. The number of nitrogens with zero attached hydrogens (tertiary/aromatic N) is 3. The maximum absolute atomic E-state index is 12.0. The second kappa shape index (κ2) is 8.89. The van der Waals surface area contributed by atoms with E-state index < -0.39 is 5.91 Å². The SMILES string of the molecule is N#C/C(=C/Nc1cc(Cl)ccn1)C(=O)NCCCN1CCCC1=O. The summed E-state index contributed by atoms with van der Waals surface area (Å²) in [7, 11) is 0. The van der Waals surface area contributed by atoms with E-state index in [1.807, 2.05) is 6.07 Å². The van der Waals surface area contributed by atoms with Gasteiger partial charge in [-0.1, -0.05) is 11.6 Å². The van der Waals surface area contributed by atoms with Crippen molar-refractivity contribution < 1.29 is 9.59 Å². The quantitative estimate of drug-likeness (QED) is 0.444. The average molecular weight is 348 g/mol. The Morgan fingerprint density at radius 1 is 1.54 bits per heavy atom. The highest BCUT2D eigenvalue weighted by molar-refractivity contribution is 6.30. The first kappa shape index (κ1) is 17.8. The number of hydrogen-bond acceptors (Lipinski definition) is 5. The summed E-state index contributed by atoms with van der Waals surface area (Å²) < 4.78 is 0.